The van der Waals surface area contributed by atoms with Crippen LogP contribution in [-0.2, 0) is 6.54 Å². The number of aliphatic hydroxyl groups excluding tert-OH is 1. The summed E-state index contributed by atoms with van der Waals surface area (Å²) < 4.78 is 1.72. The van der Waals surface area contributed by atoms with E-state index in [1.165, 1.54) is 9.75 Å². The number of aryl methyl sites for hydroxylation is 2. The van der Waals surface area contributed by atoms with Gasteiger partial charge in [-0.25, -0.2) is 14.6 Å². The molecule has 1 amide bonds. The average Bonchev–Trinajstić information content (AvgIpc) is 3.49. The number of thiophene rings is 1. The number of hydrogen-bond donors (Lipinski definition) is 1. The average molecular weight is 474 g/mol. The Balaban J connectivity index is 1.50. The molecule has 8 heteroatoms. The fraction of sp³-hybridized carbons (Fsp3) is 0.308. The van der Waals surface area contributed by atoms with Crippen LogP contribution in [0.5, 0.6) is 0 Å². The molecule has 5 rings (SSSR count). The van der Waals surface area contributed by atoms with Crippen molar-refractivity contribution in [3.63, 3.8) is 0 Å². The van der Waals surface area contributed by atoms with E-state index in [-0.39, 0.29) is 25.0 Å². The van der Waals surface area contributed by atoms with Crippen LogP contribution in [0, 0.1) is 13.8 Å². The third-order valence-electron chi connectivity index (χ3n) is 6.02. The number of benzene rings is 1. The summed E-state index contributed by atoms with van der Waals surface area (Å²) in [7, 11) is 0. The number of nitrogens with zero attached hydrogens (tertiary/aromatic N) is 5. The van der Waals surface area contributed by atoms with Crippen LogP contribution in [0.15, 0.2) is 54.9 Å². The smallest absolute Gasteiger partial charge is 0.257 e. The Morgan fingerprint density at radius 2 is 2.00 bits per heavy atom. The quantitative estimate of drug-likeness (QED) is 0.407. The summed E-state index contributed by atoms with van der Waals surface area (Å²) in [4.78, 5) is 27.0. The summed E-state index contributed by atoms with van der Waals surface area (Å²) in [5.41, 5.74) is 4.38. The molecule has 174 valence electrons. The summed E-state index contributed by atoms with van der Waals surface area (Å²) in [5, 5.41) is 14.2. The minimum Gasteiger partial charge on any atom is -0.395 e. The van der Waals surface area contributed by atoms with Crippen molar-refractivity contribution in [2.75, 3.05) is 13.2 Å². The normalized spacial score (nSPS) is 13.3. The second-order valence-corrected chi connectivity index (χ2v) is 10.1. The van der Waals surface area contributed by atoms with Crippen molar-refractivity contribution in [3.05, 3.63) is 81.4 Å². The van der Waals surface area contributed by atoms with Gasteiger partial charge in [0.25, 0.3) is 11.9 Å². The molecule has 0 bridgehead atoms. The number of amides is 1. The molecule has 1 fully saturated rings. The number of hydrogen-bond acceptors (Lipinski definition) is 6. The molecule has 1 aromatic carbocycles. The van der Waals surface area contributed by atoms with Crippen LogP contribution >= 0.6 is 11.3 Å². The van der Waals surface area contributed by atoms with Gasteiger partial charge in [-0.1, -0.05) is 30.3 Å². The molecule has 3 aromatic heterocycles. The van der Waals surface area contributed by atoms with Crippen LogP contribution in [0.25, 0.3) is 17.2 Å². The van der Waals surface area contributed by atoms with Crippen molar-refractivity contribution in [2.24, 2.45) is 0 Å². The van der Waals surface area contributed by atoms with E-state index in [1.807, 2.05) is 36.4 Å². The SMILES string of the molecule is Cc1cc(-c2ccnc(-n3ncc(C(=O)N(CCO)Cc4ccccc4)c3C3CC3)n2)c(C)s1. The molecular formula is C26H27N5O2S. The highest BCUT2D eigenvalue weighted by Gasteiger charge is 2.35. The predicted octanol–water partition coefficient (Wildman–Crippen LogP) is 4.52. The van der Waals surface area contributed by atoms with Gasteiger partial charge in [-0.2, -0.15) is 5.10 Å². The minimum absolute atomic E-state index is 0.101. The highest BCUT2D eigenvalue weighted by molar-refractivity contribution is 7.12. The standard InChI is InChI=1S/C26H27N5O2S/c1-17-14-21(18(2)34-17)23-10-11-27-26(29-23)31-24(20-8-9-20)22(15-28-31)25(33)30(12-13-32)16-19-6-4-3-5-7-19/h3-7,10-11,14-15,20,32H,8-9,12-13,16H2,1-2H3. The third-order valence-corrected chi connectivity index (χ3v) is 6.99. The Labute approximate surface area is 202 Å². The zero-order valence-electron chi connectivity index (χ0n) is 19.3. The fourth-order valence-electron chi connectivity index (χ4n) is 4.26. The highest BCUT2D eigenvalue weighted by atomic mass is 32.1. The zero-order valence-corrected chi connectivity index (χ0v) is 20.1. The van der Waals surface area contributed by atoms with Gasteiger partial charge >= 0.3 is 0 Å². The van der Waals surface area contributed by atoms with Crippen molar-refractivity contribution in [1.29, 1.82) is 0 Å². The second-order valence-electron chi connectivity index (χ2n) is 8.63. The molecule has 0 saturated heterocycles. The second kappa shape index (κ2) is 9.48. The molecule has 0 aliphatic heterocycles. The van der Waals surface area contributed by atoms with Gasteiger partial charge in [0.1, 0.15) is 0 Å². The van der Waals surface area contributed by atoms with E-state index >= 15 is 0 Å². The van der Waals surface area contributed by atoms with Gasteiger partial charge in [0, 0.05) is 40.5 Å². The summed E-state index contributed by atoms with van der Waals surface area (Å²) in [6.07, 6.45) is 5.39. The van der Waals surface area contributed by atoms with Gasteiger partial charge in [-0.3, -0.25) is 4.79 Å². The number of aliphatic hydroxyl groups is 1. The lowest BCUT2D eigenvalue weighted by Crippen LogP contribution is -2.33. The lowest BCUT2D eigenvalue weighted by Gasteiger charge is -2.22. The molecule has 1 aliphatic carbocycles. The van der Waals surface area contributed by atoms with Gasteiger partial charge < -0.3 is 10.0 Å². The van der Waals surface area contributed by atoms with Gasteiger partial charge in [-0.15, -0.1) is 11.3 Å². The van der Waals surface area contributed by atoms with Crippen LogP contribution in [-0.4, -0.2) is 48.8 Å². The van der Waals surface area contributed by atoms with Gasteiger partial charge in [0.05, 0.1) is 29.8 Å². The predicted molar refractivity (Wildman–Crippen MR) is 132 cm³/mol. The largest absolute Gasteiger partial charge is 0.395 e. The first-order valence-corrected chi connectivity index (χ1v) is 12.3. The molecule has 3 heterocycles. The molecule has 0 unspecified atom stereocenters. The third kappa shape index (κ3) is 4.51. The Kier molecular flexibility index (Phi) is 6.26. The van der Waals surface area contributed by atoms with Crippen LogP contribution in [0.4, 0.5) is 0 Å². The van der Waals surface area contributed by atoms with E-state index < -0.39 is 0 Å². The zero-order chi connectivity index (χ0) is 23.7. The Bertz CT molecular complexity index is 1310. The number of carbonyl (C=O) groups is 1. The lowest BCUT2D eigenvalue weighted by atomic mass is 10.1. The van der Waals surface area contributed by atoms with Crippen LogP contribution < -0.4 is 0 Å². The summed E-state index contributed by atoms with van der Waals surface area (Å²) in [5.74, 6) is 0.594. The molecule has 1 saturated carbocycles. The van der Waals surface area contributed by atoms with Crippen molar-refractivity contribution in [3.8, 4) is 17.2 Å². The van der Waals surface area contributed by atoms with Crippen LogP contribution in [0.2, 0.25) is 0 Å². The van der Waals surface area contributed by atoms with Gasteiger partial charge in [-0.05, 0) is 44.4 Å². The number of rotatable bonds is 8. The van der Waals surface area contributed by atoms with E-state index in [2.05, 4.69) is 30.0 Å². The van der Waals surface area contributed by atoms with E-state index in [0.717, 1.165) is 35.4 Å². The molecule has 1 aliphatic rings. The Morgan fingerprint density at radius 1 is 1.21 bits per heavy atom. The van der Waals surface area contributed by atoms with E-state index in [1.54, 1.807) is 33.3 Å². The molecule has 7 nitrogen and oxygen atoms in total. The van der Waals surface area contributed by atoms with Crippen molar-refractivity contribution in [2.45, 2.75) is 39.2 Å². The van der Waals surface area contributed by atoms with Crippen molar-refractivity contribution >= 4 is 17.2 Å². The monoisotopic (exact) mass is 473 g/mol. The van der Waals surface area contributed by atoms with Gasteiger partial charge in [0.15, 0.2) is 0 Å². The van der Waals surface area contributed by atoms with Crippen LogP contribution in [0.1, 0.15) is 50.1 Å². The summed E-state index contributed by atoms with van der Waals surface area (Å²) in [6, 6.07) is 13.9. The molecule has 0 atom stereocenters. The maximum absolute atomic E-state index is 13.6. The van der Waals surface area contributed by atoms with Crippen LogP contribution in [0.3, 0.4) is 0 Å². The first-order valence-electron chi connectivity index (χ1n) is 11.5. The van der Waals surface area contributed by atoms with E-state index in [0.29, 0.717) is 18.1 Å². The molecule has 1 N–H and O–H groups in total. The Morgan fingerprint density at radius 3 is 2.68 bits per heavy atom. The molecular weight excluding hydrogens is 446 g/mol. The van der Waals surface area contributed by atoms with E-state index in [9.17, 15) is 9.90 Å². The van der Waals surface area contributed by atoms with Crippen molar-refractivity contribution < 1.29 is 9.90 Å². The Hall–Kier alpha value is -3.36. The molecule has 4 aromatic rings. The maximum Gasteiger partial charge on any atom is 0.257 e. The maximum atomic E-state index is 13.6. The lowest BCUT2D eigenvalue weighted by molar-refractivity contribution is 0.0706. The minimum atomic E-state index is -0.133. The molecule has 34 heavy (non-hydrogen) atoms. The fourth-order valence-corrected chi connectivity index (χ4v) is 5.20. The number of carbonyl (C=O) groups excluding carboxylic acids is 1. The molecule has 0 spiro atoms. The van der Waals surface area contributed by atoms with E-state index in [4.69, 9.17) is 4.98 Å². The summed E-state index contributed by atoms with van der Waals surface area (Å²) >= 11 is 1.75. The highest BCUT2D eigenvalue weighted by Crippen LogP contribution is 2.42. The first-order chi connectivity index (χ1) is 16.5. The topological polar surface area (TPSA) is 84.1 Å². The van der Waals surface area contributed by atoms with Gasteiger partial charge in [0.2, 0.25) is 0 Å². The number of aromatic nitrogens is 4. The molecule has 0 radical (unpaired) electrons. The van der Waals surface area contributed by atoms with Crippen molar-refractivity contribution in [1.82, 2.24) is 24.6 Å². The summed E-state index contributed by atoms with van der Waals surface area (Å²) in [6.45, 7) is 4.77. The first kappa shape index (κ1) is 22.4.